The minimum atomic E-state index is -0.625. The van der Waals surface area contributed by atoms with Gasteiger partial charge in [-0.25, -0.2) is 0 Å². The van der Waals surface area contributed by atoms with Gasteiger partial charge in [-0.15, -0.1) is 0 Å². The van der Waals surface area contributed by atoms with E-state index in [2.05, 4.69) is 27.7 Å². The van der Waals surface area contributed by atoms with E-state index in [9.17, 15) is 19.5 Å². The van der Waals surface area contributed by atoms with E-state index in [1.54, 1.807) is 0 Å². The number of carbonyl (C=O) groups is 3. The standard InChI is InChI=1S/C30H46O4/c1-19-20(32)7-8-22-27(4)14-16-29(6)23-17-26(3,24(33)34)12-11-25(23,2)13-15-28(29,5)21(27)9-10-30(19,22)18-31/h18-19,21-23H,7-17H2,1-6H3,(H,33,34)/t19-,21+,22-,23-,25+,26+,27-,28+,29-,30-/m0/s1. The molecule has 10 atom stereocenters. The molecule has 5 fully saturated rings. The first-order chi connectivity index (χ1) is 15.7. The second kappa shape index (κ2) is 7.19. The van der Waals surface area contributed by atoms with Gasteiger partial charge in [-0.2, -0.15) is 0 Å². The molecule has 4 heteroatoms. The molecule has 0 unspecified atom stereocenters. The maximum atomic E-state index is 12.7. The lowest BCUT2D eigenvalue weighted by molar-refractivity contribution is -0.255. The Morgan fingerprint density at radius 3 is 2.12 bits per heavy atom. The van der Waals surface area contributed by atoms with Crippen LogP contribution >= 0.6 is 0 Å². The molecule has 0 spiro atoms. The zero-order chi connectivity index (χ0) is 24.9. The number of carboxylic acids is 1. The van der Waals surface area contributed by atoms with Crippen molar-refractivity contribution in [3.8, 4) is 0 Å². The Hall–Kier alpha value is -1.19. The summed E-state index contributed by atoms with van der Waals surface area (Å²) in [4.78, 5) is 37.7. The van der Waals surface area contributed by atoms with Crippen molar-refractivity contribution in [1.29, 1.82) is 0 Å². The van der Waals surface area contributed by atoms with Crippen LogP contribution < -0.4 is 0 Å². The maximum absolute atomic E-state index is 12.7. The average molecular weight is 471 g/mol. The number of aldehydes is 1. The van der Waals surface area contributed by atoms with Crippen LogP contribution in [0.4, 0.5) is 0 Å². The number of hydrogen-bond donors (Lipinski definition) is 1. The van der Waals surface area contributed by atoms with Crippen molar-refractivity contribution in [2.45, 2.75) is 112 Å². The number of carboxylic acid groups (broad SMARTS) is 1. The molecule has 0 amide bonds. The number of Topliss-reactive ketones (excluding diaryl/α,β-unsaturated/α-hetero) is 1. The molecule has 0 heterocycles. The van der Waals surface area contributed by atoms with Crippen LogP contribution in [-0.4, -0.2) is 23.1 Å². The Morgan fingerprint density at radius 2 is 1.47 bits per heavy atom. The van der Waals surface area contributed by atoms with E-state index < -0.39 is 16.8 Å². The lowest BCUT2D eigenvalue weighted by Gasteiger charge is -2.74. The molecule has 4 nitrogen and oxygen atoms in total. The molecule has 0 aromatic carbocycles. The monoisotopic (exact) mass is 470 g/mol. The molecule has 0 radical (unpaired) electrons. The SMILES string of the molecule is C[C@H]1C(=O)CC[C@H]2[C@@]3(C)CC[C@@]4(C)[C@H]5C[C@](C)(C(=O)O)CC[C@]5(C)CC[C@]4(C)[C@@H]3CC[C@]12C=O. The Labute approximate surface area is 206 Å². The van der Waals surface area contributed by atoms with Gasteiger partial charge in [0.05, 0.1) is 5.41 Å². The first-order valence-corrected chi connectivity index (χ1v) is 13.9. The fourth-order valence-electron chi connectivity index (χ4n) is 11.1. The molecule has 1 N–H and O–H groups in total. The summed E-state index contributed by atoms with van der Waals surface area (Å²) in [5, 5.41) is 10.1. The smallest absolute Gasteiger partial charge is 0.309 e. The van der Waals surface area contributed by atoms with Crippen molar-refractivity contribution in [1.82, 2.24) is 0 Å². The zero-order valence-electron chi connectivity index (χ0n) is 22.3. The summed E-state index contributed by atoms with van der Waals surface area (Å²) in [5.41, 5.74) is -0.560. The van der Waals surface area contributed by atoms with Gasteiger partial charge in [-0.05, 0) is 111 Å². The quantitative estimate of drug-likeness (QED) is 0.456. The number of hydrogen-bond acceptors (Lipinski definition) is 3. The van der Waals surface area contributed by atoms with Crippen LogP contribution in [0.3, 0.4) is 0 Å². The van der Waals surface area contributed by atoms with Gasteiger partial charge in [0.1, 0.15) is 12.1 Å². The Morgan fingerprint density at radius 1 is 0.853 bits per heavy atom. The van der Waals surface area contributed by atoms with Crippen LogP contribution in [0.5, 0.6) is 0 Å². The van der Waals surface area contributed by atoms with E-state index in [-0.39, 0.29) is 39.3 Å². The third kappa shape index (κ3) is 2.75. The Balaban J connectivity index is 1.56. The summed E-state index contributed by atoms with van der Waals surface area (Å²) >= 11 is 0. The fourth-order valence-corrected chi connectivity index (χ4v) is 11.1. The molecule has 190 valence electrons. The molecular formula is C30H46O4. The minimum absolute atomic E-state index is 0.0703. The predicted octanol–water partition coefficient (Wildman–Crippen LogP) is 6.70. The average Bonchev–Trinajstić information content (AvgIpc) is 2.79. The molecule has 0 aromatic rings. The summed E-state index contributed by atoms with van der Waals surface area (Å²) in [5.74, 6) is 0.727. The highest BCUT2D eigenvalue weighted by molar-refractivity contribution is 5.86. The summed E-state index contributed by atoms with van der Waals surface area (Å²) in [6.45, 7) is 14.0. The second-order valence-corrected chi connectivity index (χ2v) is 14.7. The maximum Gasteiger partial charge on any atom is 0.309 e. The largest absolute Gasteiger partial charge is 0.481 e. The first kappa shape index (κ1) is 24.5. The van der Waals surface area contributed by atoms with Crippen molar-refractivity contribution >= 4 is 18.0 Å². The highest BCUT2D eigenvalue weighted by atomic mass is 16.4. The van der Waals surface area contributed by atoms with Crippen LogP contribution in [0.2, 0.25) is 0 Å². The van der Waals surface area contributed by atoms with Gasteiger partial charge in [0.25, 0.3) is 0 Å². The minimum Gasteiger partial charge on any atom is -0.481 e. The highest BCUT2D eigenvalue weighted by Gasteiger charge is 2.72. The van der Waals surface area contributed by atoms with E-state index in [4.69, 9.17) is 0 Å². The number of rotatable bonds is 2. The highest BCUT2D eigenvalue weighted by Crippen LogP contribution is 2.78. The molecule has 0 aliphatic heterocycles. The second-order valence-electron chi connectivity index (χ2n) is 14.7. The van der Waals surface area contributed by atoms with E-state index in [0.717, 1.165) is 51.4 Å². The van der Waals surface area contributed by atoms with Crippen molar-refractivity contribution in [3.05, 3.63) is 0 Å². The van der Waals surface area contributed by atoms with E-state index in [1.165, 1.54) is 19.1 Å². The van der Waals surface area contributed by atoms with E-state index >= 15 is 0 Å². The van der Waals surface area contributed by atoms with Crippen LogP contribution in [0.25, 0.3) is 0 Å². The van der Waals surface area contributed by atoms with Crippen LogP contribution in [-0.2, 0) is 14.4 Å². The summed E-state index contributed by atoms with van der Waals surface area (Å²) in [6.07, 6.45) is 11.7. The van der Waals surface area contributed by atoms with Crippen molar-refractivity contribution in [2.24, 2.45) is 56.2 Å². The van der Waals surface area contributed by atoms with Gasteiger partial charge in [-0.1, -0.05) is 34.6 Å². The lowest BCUT2D eigenvalue weighted by Crippen LogP contribution is -2.68. The molecule has 5 aliphatic rings. The van der Waals surface area contributed by atoms with Gasteiger partial charge in [0, 0.05) is 17.8 Å². The van der Waals surface area contributed by atoms with Crippen molar-refractivity contribution < 1.29 is 19.5 Å². The van der Waals surface area contributed by atoms with Crippen LogP contribution in [0.15, 0.2) is 0 Å². The molecule has 5 aliphatic carbocycles. The molecule has 0 saturated heterocycles. The number of ketones is 1. The van der Waals surface area contributed by atoms with E-state index in [0.29, 0.717) is 18.3 Å². The molecule has 5 saturated carbocycles. The zero-order valence-corrected chi connectivity index (χ0v) is 22.3. The van der Waals surface area contributed by atoms with Crippen molar-refractivity contribution in [2.75, 3.05) is 0 Å². The third-order valence-electron chi connectivity index (χ3n) is 13.8. The van der Waals surface area contributed by atoms with Gasteiger partial charge >= 0.3 is 5.97 Å². The lowest BCUT2D eigenvalue weighted by atomic mass is 9.30. The summed E-state index contributed by atoms with van der Waals surface area (Å²) in [6, 6.07) is 0. The Kier molecular flexibility index (Phi) is 5.18. The number of carbonyl (C=O) groups excluding carboxylic acids is 2. The predicted molar refractivity (Wildman–Crippen MR) is 132 cm³/mol. The van der Waals surface area contributed by atoms with Crippen molar-refractivity contribution in [3.63, 3.8) is 0 Å². The first-order valence-electron chi connectivity index (χ1n) is 13.9. The van der Waals surface area contributed by atoms with Gasteiger partial charge < -0.3 is 9.90 Å². The van der Waals surface area contributed by atoms with Gasteiger partial charge in [0.2, 0.25) is 0 Å². The topological polar surface area (TPSA) is 71.4 Å². The van der Waals surface area contributed by atoms with Crippen LogP contribution in [0, 0.1) is 56.2 Å². The molecule has 0 aromatic heterocycles. The number of fused-ring (bicyclic) bond motifs is 7. The van der Waals surface area contributed by atoms with Crippen LogP contribution in [0.1, 0.15) is 112 Å². The Bertz CT molecular complexity index is 927. The fraction of sp³-hybridized carbons (Fsp3) is 0.900. The third-order valence-corrected chi connectivity index (χ3v) is 13.8. The molecule has 34 heavy (non-hydrogen) atoms. The number of aliphatic carboxylic acids is 1. The molecular weight excluding hydrogens is 424 g/mol. The molecule has 0 bridgehead atoms. The molecule has 5 rings (SSSR count). The van der Waals surface area contributed by atoms with Gasteiger partial charge in [0.15, 0.2) is 0 Å². The summed E-state index contributed by atoms with van der Waals surface area (Å²) in [7, 11) is 0. The van der Waals surface area contributed by atoms with E-state index in [1.807, 2.05) is 13.8 Å². The van der Waals surface area contributed by atoms with Gasteiger partial charge in [-0.3, -0.25) is 9.59 Å². The summed E-state index contributed by atoms with van der Waals surface area (Å²) < 4.78 is 0. The normalized spacial score (nSPS) is 56.9.